The van der Waals surface area contributed by atoms with Gasteiger partial charge in [0.2, 0.25) is 5.82 Å². The Morgan fingerprint density at radius 2 is 2.44 bits per heavy atom. The van der Waals surface area contributed by atoms with Crippen LogP contribution in [0, 0.1) is 0 Å². The van der Waals surface area contributed by atoms with Crippen LogP contribution in [0.1, 0.15) is 41.0 Å². The summed E-state index contributed by atoms with van der Waals surface area (Å²) in [6.07, 6.45) is 3.85. The molecule has 1 saturated carbocycles. The molecule has 6 nitrogen and oxygen atoms in total. The number of H-pyrrole nitrogens is 1. The monoisotopic (exact) mass is 246 g/mol. The number of carbonyl (C=O) groups is 1. The normalized spacial score (nSPS) is 14.7. The van der Waals surface area contributed by atoms with Crippen LogP contribution in [0.3, 0.4) is 0 Å². The lowest BCUT2D eigenvalue weighted by Crippen LogP contribution is -2.27. The van der Waals surface area contributed by atoms with Gasteiger partial charge in [0, 0.05) is 13.0 Å². The van der Waals surface area contributed by atoms with Crippen molar-refractivity contribution in [3.05, 3.63) is 35.8 Å². The summed E-state index contributed by atoms with van der Waals surface area (Å²) in [5.74, 6) is 2.06. The molecule has 6 heteroatoms. The number of nitrogens with zero attached hydrogens (tertiary/aromatic N) is 3. The summed E-state index contributed by atoms with van der Waals surface area (Å²) in [5, 5.41) is 6.80. The molecule has 0 aliphatic heterocycles. The number of aromatic nitrogens is 3. The van der Waals surface area contributed by atoms with E-state index in [1.54, 1.807) is 24.3 Å². The zero-order valence-electron chi connectivity index (χ0n) is 10.1. The van der Waals surface area contributed by atoms with Gasteiger partial charge in [-0.3, -0.25) is 9.89 Å². The Morgan fingerprint density at radius 1 is 1.61 bits per heavy atom. The molecule has 0 saturated heterocycles. The van der Waals surface area contributed by atoms with Crippen molar-refractivity contribution < 1.29 is 9.21 Å². The third kappa shape index (κ3) is 2.13. The number of hydrogen-bond donors (Lipinski definition) is 1. The van der Waals surface area contributed by atoms with E-state index < -0.39 is 0 Å². The smallest absolute Gasteiger partial charge is 0.293 e. The summed E-state index contributed by atoms with van der Waals surface area (Å²) in [6.45, 7) is 0.416. The first-order valence-corrected chi connectivity index (χ1v) is 5.94. The van der Waals surface area contributed by atoms with Crippen molar-refractivity contribution >= 4 is 5.91 Å². The predicted molar refractivity (Wildman–Crippen MR) is 62.9 cm³/mol. The number of amides is 1. The van der Waals surface area contributed by atoms with Crippen molar-refractivity contribution in [1.82, 2.24) is 20.1 Å². The fourth-order valence-corrected chi connectivity index (χ4v) is 1.79. The maximum absolute atomic E-state index is 12.1. The fourth-order valence-electron chi connectivity index (χ4n) is 1.79. The molecule has 3 rings (SSSR count). The highest BCUT2D eigenvalue weighted by molar-refractivity contribution is 5.90. The lowest BCUT2D eigenvalue weighted by atomic mass is 10.4. The van der Waals surface area contributed by atoms with Crippen LogP contribution in [0.15, 0.2) is 22.8 Å². The van der Waals surface area contributed by atoms with Crippen molar-refractivity contribution in [2.24, 2.45) is 0 Å². The molecule has 2 heterocycles. The maximum atomic E-state index is 12.1. The van der Waals surface area contributed by atoms with E-state index in [1.165, 1.54) is 0 Å². The number of carbonyl (C=O) groups excluding carboxylic acids is 1. The molecule has 0 spiro atoms. The summed E-state index contributed by atoms with van der Waals surface area (Å²) in [5.41, 5.74) is 0. The largest absolute Gasteiger partial charge is 0.467 e. The lowest BCUT2D eigenvalue weighted by Gasteiger charge is -2.12. The third-order valence-electron chi connectivity index (χ3n) is 2.98. The van der Waals surface area contributed by atoms with Gasteiger partial charge in [0.05, 0.1) is 12.8 Å². The average Bonchev–Trinajstić information content (AvgIpc) is 2.91. The Morgan fingerprint density at radius 3 is 3.11 bits per heavy atom. The van der Waals surface area contributed by atoms with E-state index >= 15 is 0 Å². The maximum Gasteiger partial charge on any atom is 0.293 e. The minimum atomic E-state index is -0.199. The summed E-state index contributed by atoms with van der Waals surface area (Å²) in [4.78, 5) is 17.8. The van der Waals surface area contributed by atoms with Gasteiger partial charge in [-0.25, -0.2) is 4.98 Å². The molecule has 2 aromatic heterocycles. The highest BCUT2D eigenvalue weighted by atomic mass is 16.3. The van der Waals surface area contributed by atoms with Gasteiger partial charge >= 0.3 is 0 Å². The molecular weight excluding hydrogens is 232 g/mol. The Bertz CT molecular complexity index is 542. The van der Waals surface area contributed by atoms with Crippen LogP contribution in [0.2, 0.25) is 0 Å². The quantitative estimate of drug-likeness (QED) is 0.888. The standard InChI is InChI=1S/C12H14N4O2/c1-16(7-9-3-2-6-18-9)12(17)11-13-10(14-15-11)8-4-5-8/h2-3,6,8H,4-5,7H2,1H3,(H,13,14,15). The van der Waals surface area contributed by atoms with E-state index in [0.29, 0.717) is 12.5 Å². The third-order valence-corrected chi connectivity index (χ3v) is 2.98. The number of hydrogen-bond acceptors (Lipinski definition) is 4. The Labute approximate surface area is 104 Å². The molecule has 94 valence electrons. The fraction of sp³-hybridized carbons (Fsp3) is 0.417. The van der Waals surface area contributed by atoms with Gasteiger partial charge in [0.1, 0.15) is 11.6 Å². The first kappa shape index (κ1) is 11.0. The zero-order valence-corrected chi connectivity index (χ0v) is 10.1. The molecule has 0 unspecified atom stereocenters. The second-order valence-corrected chi connectivity index (χ2v) is 4.56. The molecule has 18 heavy (non-hydrogen) atoms. The van der Waals surface area contributed by atoms with Crippen LogP contribution in [0.25, 0.3) is 0 Å². The minimum Gasteiger partial charge on any atom is -0.467 e. The molecule has 0 atom stereocenters. The van der Waals surface area contributed by atoms with Crippen LogP contribution in [-0.4, -0.2) is 33.0 Å². The van der Waals surface area contributed by atoms with Crippen molar-refractivity contribution in [1.29, 1.82) is 0 Å². The van der Waals surface area contributed by atoms with Gasteiger partial charge in [-0.1, -0.05) is 0 Å². The van der Waals surface area contributed by atoms with E-state index in [2.05, 4.69) is 15.2 Å². The molecule has 2 aromatic rings. The first-order valence-electron chi connectivity index (χ1n) is 5.94. The van der Waals surface area contributed by atoms with Gasteiger partial charge < -0.3 is 9.32 Å². The van der Waals surface area contributed by atoms with Crippen LogP contribution in [0.5, 0.6) is 0 Å². The van der Waals surface area contributed by atoms with Gasteiger partial charge in [-0.15, -0.1) is 5.10 Å². The van der Waals surface area contributed by atoms with E-state index in [4.69, 9.17) is 4.42 Å². The molecule has 0 radical (unpaired) electrons. The van der Waals surface area contributed by atoms with Crippen LogP contribution in [0.4, 0.5) is 0 Å². The number of furan rings is 1. The van der Waals surface area contributed by atoms with E-state index in [1.807, 2.05) is 6.07 Å². The lowest BCUT2D eigenvalue weighted by molar-refractivity contribution is 0.0763. The first-order chi connectivity index (χ1) is 8.74. The van der Waals surface area contributed by atoms with Gasteiger partial charge in [0.15, 0.2) is 0 Å². The van der Waals surface area contributed by atoms with E-state index in [9.17, 15) is 4.79 Å². The van der Waals surface area contributed by atoms with Gasteiger partial charge in [0.25, 0.3) is 5.91 Å². The minimum absolute atomic E-state index is 0.199. The van der Waals surface area contributed by atoms with Crippen LogP contribution < -0.4 is 0 Å². The van der Waals surface area contributed by atoms with E-state index in [-0.39, 0.29) is 11.7 Å². The highest BCUT2D eigenvalue weighted by Crippen LogP contribution is 2.37. The predicted octanol–water partition coefficient (Wildman–Crippen LogP) is 1.55. The zero-order chi connectivity index (χ0) is 12.5. The topological polar surface area (TPSA) is 75.0 Å². The molecule has 1 aliphatic carbocycles. The Kier molecular flexibility index (Phi) is 2.62. The summed E-state index contributed by atoms with van der Waals surface area (Å²) >= 11 is 0. The molecular formula is C12H14N4O2. The van der Waals surface area contributed by atoms with Crippen molar-refractivity contribution in [3.8, 4) is 0 Å². The van der Waals surface area contributed by atoms with Gasteiger partial charge in [-0.2, -0.15) is 0 Å². The van der Waals surface area contributed by atoms with Crippen LogP contribution >= 0.6 is 0 Å². The Hall–Kier alpha value is -2.11. The van der Waals surface area contributed by atoms with Gasteiger partial charge in [-0.05, 0) is 25.0 Å². The Balaban J connectivity index is 1.68. The van der Waals surface area contributed by atoms with Crippen molar-refractivity contribution in [2.45, 2.75) is 25.3 Å². The molecule has 1 N–H and O–H groups in total. The average molecular weight is 246 g/mol. The second-order valence-electron chi connectivity index (χ2n) is 4.56. The highest BCUT2D eigenvalue weighted by Gasteiger charge is 2.28. The molecule has 0 aromatic carbocycles. The molecule has 1 aliphatic rings. The molecule has 1 fully saturated rings. The van der Waals surface area contributed by atoms with E-state index in [0.717, 1.165) is 24.4 Å². The number of nitrogens with one attached hydrogen (secondary N) is 1. The molecule has 0 bridgehead atoms. The van der Waals surface area contributed by atoms with Crippen molar-refractivity contribution in [2.75, 3.05) is 7.05 Å². The van der Waals surface area contributed by atoms with Crippen LogP contribution in [-0.2, 0) is 6.54 Å². The second kappa shape index (κ2) is 4.29. The summed E-state index contributed by atoms with van der Waals surface area (Å²) in [6, 6.07) is 3.63. The SMILES string of the molecule is CN(Cc1ccco1)C(=O)c1n[nH]c(C2CC2)n1. The number of rotatable bonds is 4. The summed E-state index contributed by atoms with van der Waals surface area (Å²) in [7, 11) is 1.71. The number of aromatic amines is 1. The molecule has 1 amide bonds. The summed E-state index contributed by atoms with van der Waals surface area (Å²) < 4.78 is 5.20. The van der Waals surface area contributed by atoms with Crippen molar-refractivity contribution in [3.63, 3.8) is 0 Å².